The van der Waals surface area contributed by atoms with Crippen LogP contribution in [0.15, 0.2) is 34.7 Å². The van der Waals surface area contributed by atoms with Gasteiger partial charge in [0.1, 0.15) is 0 Å². The van der Waals surface area contributed by atoms with Crippen molar-refractivity contribution in [1.29, 1.82) is 0 Å². The highest BCUT2D eigenvalue weighted by atomic mass is 16.5. The van der Waals surface area contributed by atoms with E-state index < -0.39 is 0 Å². The van der Waals surface area contributed by atoms with Crippen LogP contribution in [0.25, 0.3) is 11.5 Å². The molecule has 2 heterocycles. The number of ether oxygens (including phenoxy) is 1. The zero-order valence-corrected chi connectivity index (χ0v) is 12.3. The highest BCUT2D eigenvalue weighted by molar-refractivity contribution is 5.76. The van der Waals surface area contributed by atoms with Gasteiger partial charge in [0.2, 0.25) is 17.7 Å². The van der Waals surface area contributed by atoms with Crippen LogP contribution in [0.5, 0.6) is 0 Å². The Labute approximate surface area is 128 Å². The van der Waals surface area contributed by atoms with Gasteiger partial charge < -0.3 is 14.5 Å². The number of nitrogens with zero attached hydrogens (tertiary/aromatic N) is 2. The summed E-state index contributed by atoms with van der Waals surface area (Å²) in [5, 5.41) is 10.9. The lowest BCUT2D eigenvalue weighted by Gasteiger charge is -2.08. The van der Waals surface area contributed by atoms with Crippen molar-refractivity contribution in [3.63, 3.8) is 0 Å². The Morgan fingerprint density at radius 3 is 2.91 bits per heavy atom. The summed E-state index contributed by atoms with van der Waals surface area (Å²) in [7, 11) is 0. The average Bonchev–Trinajstić information content (AvgIpc) is 3.23. The van der Waals surface area contributed by atoms with E-state index in [1.54, 1.807) is 0 Å². The molecule has 0 spiro atoms. The molecule has 1 atom stereocenters. The van der Waals surface area contributed by atoms with E-state index in [1.165, 1.54) is 0 Å². The van der Waals surface area contributed by atoms with Gasteiger partial charge in [0.05, 0.1) is 6.61 Å². The van der Waals surface area contributed by atoms with Crippen LogP contribution in [-0.4, -0.2) is 35.9 Å². The molecule has 6 heteroatoms. The van der Waals surface area contributed by atoms with Crippen LogP contribution in [0.4, 0.5) is 0 Å². The first-order valence-electron chi connectivity index (χ1n) is 7.53. The fourth-order valence-corrected chi connectivity index (χ4v) is 2.36. The second kappa shape index (κ2) is 7.17. The molecule has 0 unspecified atom stereocenters. The minimum Gasteiger partial charge on any atom is -0.421 e. The summed E-state index contributed by atoms with van der Waals surface area (Å²) in [4.78, 5) is 11.8. The van der Waals surface area contributed by atoms with Crippen molar-refractivity contribution < 1.29 is 13.9 Å². The first-order chi connectivity index (χ1) is 10.8. The summed E-state index contributed by atoms with van der Waals surface area (Å²) in [6.07, 6.45) is 1.82. The van der Waals surface area contributed by atoms with Gasteiger partial charge in [0.25, 0.3) is 0 Å². The van der Waals surface area contributed by atoms with Gasteiger partial charge in [-0.3, -0.25) is 4.79 Å². The number of aryl methyl sites for hydroxylation is 1. The molecule has 22 heavy (non-hydrogen) atoms. The van der Waals surface area contributed by atoms with Crippen molar-refractivity contribution in [3.8, 4) is 11.5 Å². The molecule has 116 valence electrons. The molecule has 1 aliphatic heterocycles. The van der Waals surface area contributed by atoms with E-state index in [0.717, 1.165) is 25.2 Å². The zero-order valence-electron chi connectivity index (χ0n) is 12.3. The molecule has 1 fully saturated rings. The lowest BCUT2D eigenvalue weighted by atomic mass is 10.1. The number of hydrogen-bond donors (Lipinski definition) is 1. The van der Waals surface area contributed by atoms with Crippen molar-refractivity contribution in [2.45, 2.75) is 19.3 Å². The fourth-order valence-electron chi connectivity index (χ4n) is 2.36. The maximum absolute atomic E-state index is 11.8. The monoisotopic (exact) mass is 301 g/mol. The normalized spacial score (nSPS) is 17.5. The van der Waals surface area contributed by atoms with Crippen LogP contribution in [0, 0.1) is 5.92 Å². The van der Waals surface area contributed by atoms with Crippen LogP contribution < -0.4 is 5.32 Å². The Morgan fingerprint density at radius 1 is 1.27 bits per heavy atom. The van der Waals surface area contributed by atoms with Gasteiger partial charge in [-0.2, -0.15) is 0 Å². The Balaban J connectivity index is 1.45. The average molecular weight is 301 g/mol. The Morgan fingerprint density at radius 2 is 2.14 bits per heavy atom. The Hall–Kier alpha value is -2.21. The van der Waals surface area contributed by atoms with E-state index in [1.807, 2.05) is 30.3 Å². The van der Waals surface area contributed by atoms with Gasteiger partial charge in [-0.15, -0.1) is 10.2 Å². The third-order valence-electron chi connectivity index (χ3n) is 3.67. The minimum absolute atomic E-state index is 0.00589. The summed E-state index contributed by atoms with van der Waals surface area (Å²) >= 11 is 0. The zero-order chi connectivity index (χ0) is 15.2. The van der Waals surface area contributed by atoms with E-state index in [9.17, 15) is 4.79 Å². The molecule has 1 aliphatic rings. The largest absolute Gasteiger partial charge is 0.421 e. The first-order valence-corrected chi connectivity index (χ1v) is 7.53. The van der Waals surface area contributed by atoms with Gasteiger partial charge >= 0.3 is 0 Å². The number of carbonyl (C=O) groups is 1. The summed E-state index contributed by atoms with van der Waals surface area (Å²) in [6, 6.07) is 9.58. The highest BCUT2D eigenvalue weighted by Gasteiger charge is 2.16. The van der Waals surface area contributed by atoms with E-state index in [-0.39, 0.29) is 5.91 Å². The maximum atomic E-state index is 11.8. The smallest absolute Gasteiger partial charge is 0.247 e. The van der Waals surface area contributed by atoms with Crippen molar-refractivity contribution in [2.75, 3.05) is 19.8 Å². The highest BCUT2D eigenvalue weighted by Crippen LogP contribution is 2.17. The molecule has 0 saturated carbocycles. The Bertz CT molecular complexity index is 606. The van der Waals surface area contributed by atoms with E-state index in [4.69, 9.17) is 9.15 Å². The predicted octanol–water partition coefficient (Wildman–Crippen LogP) is 1.82. The molecular formula is C16H19N3O3. The van der Waals surface area contributed by atoms with E-state index in [2.05, 4.69) is 15.5 Å². The number of carbonyl (C=O) groups excluding carboxylic acids is 1. The molecule has 0 radical (unpaired) electrons. The number of rotatable bonds is 6. The molecule has 1 saturated heterocycles. The standard InChI is InChI=1S/C16H19N3O3/c20-14(17-10-12-8-9-21-11-12)6-7-15-18-19-16(22-15)13-4-2-1-3-5-13/h1-5,12H,6-11H2,(H,17,20)/t12-/m0/s1. The van der Waals surface area contributed by atoms with Gasteiger partial charge in [-0.05, 0) is 18.6 Å². The quantitative estimate of drug-likeness (QED) is 0.880. The van der Waals surface area contributed by atoms with Crippen LogP contribution in [0.3, 0.4) is 0 Å². The van der Waals surface area contributed by atoms with Gasteiger partial charge in [0.15, 0.2) is 0 Å². The maximum Gasteiger partial charge on any atom is 0.247 e. The summed E-state index contributed by atoms with van der Waals surface area (Å²) in [6.45, 7) is 2.22. The van der Waals surface area contributed by atoms with Gasteiger partial charge in [-0.25, -0.2) is 0 Å². The number of hydrogen-bond acceptors (Lipinski definition) is 5. The van der Waals surface area contributed by atoms with Crippen molar-refractivity contribution >= 4 is 5.91 Å². The number of benzene rings is 1. The third kappa shape index (κ3) is 3.92. The lowest BCUT2D eigenvalue weighted by Crippen LogP contribution is -2.29. The molecular weight excluding hydrogens is 282 g/mol. The van der Waals surface area contributed by atoms with E-state index >= 15 is 0 Å². The fraction of sp³-hybridized carbons (Fsp3) is 0.438. The van der Waals surface area contributed by atoms with Gasteiger partial charge in [-0.1, -0.05) is 18.2 Å². The van der Waals surface area contributed by atoms with Crippen molar-refractivity contribution in [1.82, 2.24) is 15.5 Å². The van der Waals surface area contributed by atoms with Crippen molar-refractivity contribution in [2.24, 2.45) is 5.92 Å². The second-order valence-electron chi connectivity index (χ2n) is 5.40. The molecule has 1 aromatic heterocycles. The van der Waals surface area contributed by atoms with Crippen LogP contribution in [-0.2, 0) is 16.0 Å². The summed E-state index contributed by atoms with van der Waals surface area (Å²) < 4.78 is 10.9. The van der Waals surface area contributed by atoms with Crippen molar-refractivity contribution in [3.05, 3.63) is 36.2 Å². The molecule has 6 nitrogen and oxygen atoms in total. The summed E-state index contributed by atoms with van der Waals surface area (Å²) in [5.74, 6) is 1.42. The first kappa shape index (κ1) is 14.7. The third-order valence-corrected chi connectivity index (χ3v) is 3.67. The lowest BCUT2D eigenvalue weighted by molar-refractivity contribution is -0.121. The number of aromatic nitrogens is 2. The summed E-state index contributed by atoms with van der Waals surface area (Å²) in [5.41, 5.74) is 0.881. The number of amides is 1. The number of nitrogens with one attached hydrogen (secondary N) is 1. The Kier molecular flexibility index (Phi) is 4.80. The topological polar surface area (TPSA) is 77.2 Å². The molecule has 0 aliphatic carbocycles. The molecule has 1 amide bonds. The molecule has 3 rings (SSSR count). The molecule has 1 N–H and O–H groups in total. The van der Waals surface area contributed by atoms with Crippen LogP contribution in [0.1, 0.15) is 18.7 Å². The molecule has 1 aromatic carbocycles. The predicted molar refractivity (Wildman–Crippen MR) is 80.0 cm³/mol. The molecule has 0 bridgehead atoms. The minimum atomic E-state index is 0.00589. The second-order valence-corrected chi connectivity index (χ2v) is 5.40. The molecule has 2 aromatic rings. The SMILES string of the molecule is O=C(CCc1nnc(-c2ccccc2)o1)NC[C@@H]1CCOC1. The van der Waals surface area contributed by atoms with Crippen LogP contribution in [0.2, 0.25) is 0 Å². The van der Waals surface area contributed by atoms with Crippen LogP contribution >= 0.6 is 0 Å². The van der Waals surface area contributed by atoms with Gasteiger partial charge in [0, 0.05) is 37.5 Å². The van der Waals surface area contributed by atoms with E-state index in [0.29, 0.717) is 37.1 Å².